The van der Waals surface area contributed by atoms with E-state index in [9.17, 15) is 19.4 Å². The van der Waals surface area contributed by atoms with E-state index in [0.29, 0.717) is 17.4 Å². The van der Waals surface area contributed by atoms with Crippen LogP contribution in [0.4, 0.5) is 0 Å². The molecule has 0 radical (unpaired) electrons. The highest BCUT2D eigenvalue weighted by Crippen LogP contribution is 2.38. The lowest BCUT2D eigenvalue weighted by atomic mass is 10.1. The van der Waals surface area contributed by atoms with Crippen molar-refractivity contribution in [1.82, 2.24) is 0 Å². The summed E-state index contributed by atoms with van der Waals surface area (Å²) in [6, 6.07) is 0. The summed E-state index contributed by atoms with van der Waals surface area (Å²) in [6.45, 7) is 1.63. The van der Waals surface area contributed by atoms with Crippen LogP contribution in [0, 0.1) is 0 Å². The number of hydrogen-bond donors (Lipinski definition) is 1. The quantitative estimate of drug-likeness (QED) is 0.197. The van der Waals surface area contributed by atoms with Crippen molar-refractivity contribution in [3.63, 3.8) is 0 Å². The van der Waals surface area contributed by atoms with Gasteiger partial charge in [0, 0.05) is 6.42 Å². The van der Waals surface area contributed by atoms with Crippen LogP contribution in [0.5, 0.6) is 0 Å². The largest absolute Gasteiger partial charge is 0.756 e. The minimum Gasteiger partial charge on any atom is -0.756 e. The average Bonchev–Trinajstić information content (AvgIpc) is 2.49. The molecular formula is C16H34NO7P. The second-order valence-electron chi connectivity index (χ2n) is 7.05. The predicted octanol–water partition coefficient (Wildman–Crippen LogP) is 1.46. The summed E-state index contributed by atoms with van der Waals surface area (Å²) in [5.74, 6) is -0.467. The van der Waals surface area contributed by atoms with Gasteiger partial charge in [-0.15, -0.1) is 0 Å². The number of ether oxygens (including phenoxy) is 1. The summed E-state index contributed by atoms with van der Waals surface area (Å²) in [4.78, 5) is 23.3. The first kappa shape index (κ1) is 24.5. The van der Waals surface area contributed by atoms with Gasteiger partial charge in [-0.2, -0.15) is 0 Å². The molecule has 8 nitrogen and oxygen atoms in total. The summed E-state index contributed by atoms with van der Waals surface area (Å²) in [5, 5.41) is 9.20. The Kier molecular flexibility index (Phi) is 12.5. The van der Waals surface area contributed by atoms with Crippen molar-refractivity contribution >= 4 is 13.8 Å². The molecule has 9 heteroatoms. The molecule has 150 valence electrons. The van der Waals surface area contributed by atoms with E-state index >= 15 is 0 Å². The molecule has 25 heavy (non-hydrogen) atoms. The van der Waals surface area contributed by atoms with E-state index in [1.54, 1.807) is 0 Å². The van der Waals surface area contributed by atoms with Crippen molar-refractivity contribution in [1.29, 1.82) is 0 Å². The number of aliphatic hydroxyl groups is 1. The molecule has 2 atom stereocenters. The molecule has 0 aliphatic heterocycles. The van der Waals surface area contributed by atoms with Gasteiger partial charge in [-0.05, 0) is 6.42 Å². The van der Waals surface area contributed by atoms with E-state index in [1.807, 2.05) is 21.1 Å². The molecule has 0 heterocycles. The first-order valence-electron chi connectivity index (χ1n) is 8.80. The maximum atomic E-state index is 11.7. The van der Waals surface area contributed by atoms with Gasteiger partial charge in [-0.1, -0.05) is 32.6 Å². The number of esters is 1. The second kappa shape index (κ2) is 12.8. The van der Waals surface area contributed by atoms with E-state index in [1.165, 1.54) is 0 Å². The van der Waals surface area contributed by atoms with Gasteiger partial charge in [0.1, 0.15) is 19.3 Å². The van der Waals surface area contributed by atoms with E-state index in [0.717, 1.165) is 25.7 Å². The highest BCUT2D eigenvalue weighted by molar-refractivity contribution is 7.45. The summed E-state index contributed by atoms with van der Waals surface area (Å²) in [5.41, 5.74) is 0. The minimum atomic E-state index is -4.49. The van der Waals surface area contributed by atoms with Crippen LogP contribution in [-0.4, -0.2) is 69.2 Å². The zero-order valence-corrected chi connectivity index (χ0v) is 16.8. The summed E-state index contributed by atoms with van der Waals surface area (Å²) in [6.07, 6.45) is 4.21. The molecule has 0 spiro atoms. The number of phosphoric acid groups is 1. The van der Waals surface area contributed by atoms with E-state index in [4.69, 9.17) is 9.26 Å². The van der Waals surface area contributed by atoms with Crippen LogP contribution in [0.2, 0.25) is 0 Å². The third kappa shape index (κ3) is 15.5. The number of likely N-dealkylation sites (N-methyl/N-ethyl adjacent to an activating group) is 1. The molecule has 0 aromatic heterocycles. The van der Waals surface area contributed by atoms with Gasteiger partial charge in [0.05, 0.1) is 34.4 Å². The van der Waals surface area contributed by atoms with Crippen molar-refractivity contribution in [3.8, 4) is 0 Å². The normalized spacial score (nSPS) is 15.6. The van der Waals surface area contributed by atoms with E-state index in [2.05, 4.69) is 11.4 Å². The lowest BCUT2D eigenvalue weighted by Crippen LogP contribution is -2.37. The highest BCUT2D eigenvalue weighted by atomic mass is 31.2. The molecule has 0 aliphatic carbocycles. The van der Waals surface area contributed by atoms with E-state index < -0.39 is 33.1 Å². The van der Waals surface area contributed by atoms with Gasteiger partial charge in [0.2, 0.25) is 0 Å². The molecule has 1 N–H and O–H groups in total. The summed E-state index contributed by atoms with van der Waals surface area (Å²) >= 11 is 0. The standard InChI is InChI=1S/C16H34NO7P/c1-5-6-7-8-9-10-16(19)24-15(13-18)14-23-25(20,21)22-12-11-17(2,3)4/h15,18H,5-14H2,1-4H3/t15-/m1/s1. The fourth-order valence-corrected chi connectivity index (χ4v) is 2.61. The number of unbranched alkanes of at least 4 members (excludes halogenated alkanes) is 4. The maximum absolute atomic E-state index is 11.7. The van der Waals surface area contributed by atoms with Gasteiger partial charge >= 0.3 is 5.97 Å². The molecule has 0 rings (SSSR count). The van der Waals surface area contributed by atoms with E-state index in [-0.39, 0.29) is 13.0 Å². The van der Waals surface area contributed by atoms with Crippen molar-refractivity contribution < 1.29 is 37.6 Å². The van der Waals surface area contributed by atoms with Crippen molar-refractivity contribution in [2.45, 2.75) is 51.6 Å². The Bertz CT molecular complexity index is 412. The lowest BCUT2D eigenvalue weighted by molar-refractivity contribution is -0.870. The molecule has 0 bridgehead atoms. The van der Waals surface area contributed by atoms with Crippen LogP contribution in [-0.2, 0) is 23.1 Å². The topological polar surface area (TPSA) is 105 Å². The van der Waals surface area contributed by atoms with Gasteiger partial charge in [-0.3, -0.25) is 9.36 Å². The SMILES string of the molecule is CCCCCCCC(=O)O[C@H](CO)COP(=O)([O-])OCC[N+](C)(C)C. The van der Waals surface area contributed by atoms with Crippen molar-refractivity contribution in [2.24, 2.45) is 0 Å². The Morgan fingerprint density at radius 3 is 2.36 bits per heavy atom. The molecule has 0 aromatic rings. The zero-order chi connectivity index (χ0) is 19.3. The monoisotopic (exact) mass is 383 g/mol. The lowest BCUT2D eigenvalue weighted by Gasteiger charge is -2.28. The highest BCUT2D eigenvalue weighted by Gasteiger charge is 2.19. The summed E-state index contributed by atoms with van der Waals surface area (Å²) < 4.78 is 26.7. The predicted molar refractivity (Wildman–Crippen MR) is 92.8 cm³/mol. The van der Waals surface area contributed by atoms with Crippen LogP contribution >= 0.6 is 7.82 Å². The Labute approximate surface area is 151 Å². The van der Waals surface area contributed by atoms with Crippen LogP contribution in [0.25, 0.3) is 0 Å². The molecule has 0 aliphatic rings. The van der Waals surface area contributed by atoms with Gasteiger partial charge in [-0.25, -0.2) is 0 Å². The summed E-state index contributed by atoms with van der Waals surface area (Å²) in [7, 11) is 1.23. The number of carbonyl (C=O) groups is 1. The fourth-order valence-electron chi connectivity index (χ4n) is 1.88. The van der Waals surface area contributed by atoms with Crippen LogP contribution < -0.4 is 4.89 Å². The number of carbonyl (C=O) groups excluding carboxylic acids is 1. The fraction of sp³-hybridized carbons (Fsp3) is 0.938. The van der Waals surface area contributed by atoms with Crippen molar-refractivity contribution in [3.05, 3.63) is 0 Å². The Hall–Kier alpha value is -0.500. The zero-order valence-electron chi connectivity index (χ0n) is 15.9. The van der Waals surface area contributed by atoms with Crippen molar-refractivity contribution in [2.75, 3.05) is 47.5 Å². The molecule has 0 saturated heterocycles. The third-order valence-electron chi connectivity index (χ3n) is 3.42. The number of quaternary nitrogens is 1. The van der Waals surface area contributed by atoms with Gasteiger partial charge < -0.3 is 28.3 Å². The minimum absolute atomic E-state index is 0.00832. The number of aliphatic hydroxyl groups excluding tert-OH is 1. The number of phosphoric ester groups is 1. The third-order valence-corrected chi connectivity index (χ3v) is 4.38. The maximum Gasteiger partial charge on any atom is 0.306 e. The number of hydrogen-bond acceptors (Lipinski definition) is 7. The molecule has 0 saturated carbocycles. The van der Waals surface area contributed by atoms with Crippen LogP contribution in [0.15, 0.2) is 0 Å². The number of nitrogens with zero attached hydrogens (tertiary/aromatic N) is 1. The smallest absolute Gasteiger partial charge is 0.306 e. The first-order valence-corrected chi connectivity index (χ1v) is 10.3. The van der Waals surface area contributed by atoms with Gasteiger partial charge in [0.15, 0.2) is 0 Å². The molecule has 1 unspecified atom stereocenters. The Balaban J connectivity index is 4.05. The van der Waals surface area contributed by atoms with Crippen LogP contribution in [0.3, 0.4) is 0 Å². The first-order chi connectivity index (χ1) is 11.6. The Morgan fingerprint density at radius 1 is 1.16 bits per heavy atom. The number of rotatable bonds is 15. The average molecular weight is 383 g/mol. The molecule has 0 aromatic carbocycles. The van der Waals surface area contributed by atoms with Crippen LogP contribution in [0.1, 0.15) is 45.4 Å². The molecule has 0 amide bonds. The Morgan fingerprint density at radius 2 is 1.80 bits per heavy atom. The molecule has 0 fully saturated rings. The molecular weight excluding hydrogens is 349 g/mol. The second-order valence-corrected chi connectivity index (χ2v) is 8.46. The van der Waals surface area contributed by atoms with Gasteiger partial charge in [0.25, 0.3) is 7.82 Å².